The van der Waals surface area contributed by atoms with E-state index in [0.29, 0.717) is 17.9 Å². The third-order valence-corrected chi connectivity index (χ3v) is 3.19. The zero-order valence-corrected chi connectivity index (χ0v) is 11.0. The Bertz CT molecular complexity index is 636. The summed E-state index contributed by atoms with van der Waals surface area (Å²) in [6.07, 6.45) is -0.227. The molecule has 2 aromatic rings. The number of rotatable bonds is 2. The average molecular weight is 270 g/mol. The normalized spacial score (nSPS) is 16.6. The van der Waals surface area contributed by atoms with Crippen molar-refractivity contribution in [2.45, 2.75) is 6.10 Å². The number of hydrogen-bond acceptors (Lipinski definition) is 4. The fourth-order valence-electron chi connectivity index (χ4n) is 2.17. The quantitative estimate of drug-likeness (QED) is 0.787. The van der Waals surface area contributed by atoms with E-state index in [1.807, 2.05) is 36.4 Å². The van der Waals surface area contributed by atoms with E-state index in [1.54, 1.807) is 12.1 Å². The van der Waals surface area contributed by atoms with Crippen LogP contribution in [0.5, 0.6) is 11.5 Å². The summed E-state index contributed by atoms with van der Waals surface area (Å²) < 4.78 is 16.3. The highest BCUT2D eigenvalue weighted by Crippen LogP contribution is 2.35. The number of esters is 1. The molecule has 0 saturated carbocycles. The first kappa shape index (κ1) is 12.5. The molecule has 0 bridgehead atoms. The van der Waals surface area contributed by atoms with E-state index in [1.165, 1.54) is 7.11 Å². The largest absolute Gasteiger partial charge is 0.485 e. The second-order valence-electron chi connectivity index (χ2n) is 4.48. The molecule has 1 unspecified atom stereocenters. The summed E-state index contributed by atoms with van der Waals surface area (Å²) in [4.78, 5) is 11.6. The first-order valence-corrected chi connectivity index (χ1v) is 6.34. The Morgan fingerprint density at radius 1 is 1.15 bits per heavy atom. The Kier molecular flexibility index (Phi) is 3.29. The molecule has 0 N–H and O–H groups in total. The molecule has 3 rings (SSSR count). The summed E-state index contributed by atoms with van der Waals surface area (Å²) in [6.45, 7) is 0.418. The van der Waals surface area contributed by atoms with Gasteiger partial charge in [0.05, 0.1) is 12.7 Å². The number of benzene rings is 2. The van der Waals surface area contributed by atoms with Gasteiger partial charge in [-0.3, -0.25) is 0 Å². The van der Waals surface area contributed by atoms with Gasteiger partial charge in [-0.25, -0.2) is 4.79 Å². The molecule has 20 heavy (non-hydrogen) atoms. The van der Waals surface area contributed by atoms with Crippen molar-refractivity contribution in [2.75, 3.05) is 13.7 Å². The van der Waals surface area contributed by atoms with E-state index >= 15 is 0 Å². The van der Waals surface area contributed by atoms with E-state index in [9.17, 15) is 4.79 Å². The minimum absolute atomic E-state index is 0.227. The second kappa shape index (κ2) is 5.25. The van der Waals surface area contributed by atoms with Crippen molar-refractivity contribution in [3.63, 3.8) is 0 Å². The first-order valence-electron chi connectivity index (χ1n) is 6.34. The van der Waals surface area contributed by atoms with E-state index < -0.39 is 0 Å². The van der Waals surface area contributed by atoms with Crippen molar-refractivity contribution >= 4 is 5.97 Å². The molecular formula is C16H14O4. The van der Waals surface area contributed by atoms with Gasteiger partial charge >= 0.3 is 5.97 Å². The number of carbonyl (C=O) groups is 1. The van der Waals surface area contributed by atoms with Crippen molar-refractivity contribution in [3.8, 4) is 11.5 Å². The number of hydrogen-bond donors (Lipinski definition) is 0. The summed E-state index contributed by atoms with van der Waals surface area (Å²) in [5, 5.41) is 0. The fraction of sp³-hybridized carbons (Fsp3) is 0.188. The Morgan fingerprint density at radius 3 is 2.75 bits per heavy atom. The van der Waals surface area contributed by atoms with Crippen LogP contribution in [0, 0.1) is 0 Å². The summed E-state index contributed by atoms with van der Waals surface area (Å²) in [5.41, 5.74) is 1.40. The standard InChI is InChI=1S/C16H14O4/c1-18-16(17)12-6-4-5-11(9-12)15-10-19-13-7-2-3-8-14(13)20-15/h2-9,15H,10H2,1H3. The van der Waals surface area contributed by atoms with Crippen LogP contribution in [0.25, 0.3) is 0 Å². The van der Waals surface area contributed by atoms with Crippen LogP contribution in [0.3, 0.4) is 0 Å². The molecule has 4 heteroatoms. The minimum Gasteiger partial charge on any atom is -0.485 e. The molecule has 0 radical (unpaired) electrons. The Balaban J connectivity index is 1.86. The monoisotopic (exact) mass is 270 g/mol. The lowest BCUT2D eigenvalue weighted by Crippen LogP contribution is -2.21. The molecular weight excluding hydrogens is 256 g/mol. The van der Waals surface area contributed by atoms with Gasteiger partial charge in [-0.1, -0.05) is 24.3 Å². The summed E-state index contributed by atoms with van der Waals surface area (Å²) >= 11 is 0. The Labute approximate surface area is 116 Å². The maximum absolute atomic E-state index is 11.6. The molecule has 2 aromatic carbocycles. The zero-order valence-electron chi connectivity index (χ0n) is 11.0. The number of fused-ring (bicyclic) bond motifs is 1. The van der Waals surface area contributed by atoms with Gasteiger partial charge in [0, 0.05) is 0 Å². The maximum Gasteiger partial charge on any atom is 0.337 e. The molecule has 102 valence electrons. The van der Waals surface area contributed by atoms with Gasteiger partial charge in [0.15, 0.2) is 17.6 Å². The SMILES string of the molecule is COC(=O)c1cccc(C2COc3ccccc3O2)c1. The van der Waals surface area contributed by atoms with Crippen molar-refractivity contribution < 1.29 is 19.0 Å². The van der Waals surface area contributed by atoms with Crippen LogP contribution in [0.15, 0.2) is 48.5 Å². The van der Waals surface area contributed by atoms with Crippen LogP contribution in [0.4, 0.5) is 0 Å². The highest BCUT2D eigenvalue weighted by molar-refractivity contribution is 5.89. The predicted molar refractivity (Wildman–Crippen MR) is 73.1 cm³/mol. The summed E-state index contributed by atoms with van der Waals surface area (Å²) in [7, 11) is 1.37. The fourth-order valence-corrected chi connectivity index (χ4v) is 2.17. The van der Waals surface area contributed by atoms with Gasteiger partial charge < -0.3 is 14.2 Å². The molecule has 1 heterocycles. The number of methoxy groups -OCH3 is 1. The lowest BCUT2D eigenvalue weighted by molar-refractivity contribution is 0.0599. The van der Waals surface area contributed by atoms with Gasteiger partial charge in [0.25, 0.3) is 0 Å². The lowest BCUT2D eigenvalue weighted by Gasteiger charge is -2.26. The van der Waals surface area contributed by atoms with Crippen LogP contribution < -0.4 is 9.47 Å². The average Bonchev–Trinajstić information content (AvgIpc) is 2.53. The molecule has 0 amide bonds. The van der Waals surface area contributed by atoms with Crippen molar-refractivity contribution in [2.24, 2.45) is 0 Å². The van der Waals surface area contributed by atoms with E-state index in [-0.39, 0.29) is 12.1 Å². The zero-order chi connectivity index (χ0) is 13.9. The lowest BCUT2D eigenvalue weighted by atomic mass is 10.1. The topological polar surface area (TPSA) is 44.8 Å². The van der Waals surface area contributed by atoms with Crippen molar-refractivity contribution in [3.05, 3.63) is 59.7 Å². The molecule has 1 aliphatic rings. The molecule has 0 spiro atoms. The molecule has 0 aliphatic carbocycles. The van der Waals surface area contributed by atoms with E-state index in [0.717, 1.165) is 11.3 Å². The van der Waals surface area contributed by atoms with Crippen LogP contribution in [0.2, 0.25) is 0 Å². The van der Waals surface area contributed by atoms with Gasteiger partial charge in [0.1, 0.15) is 6.61 Å². The van der Waals surface area contributed by atoms with Crippen LogP contribution in [0.1, 0.15) is 22.0 Å². The number of para-hydroxylation sites is 2. The molecule has 0 aromatic heterocycles. The third kappa shape index (κ3) is 2.32. The Hall–Kier alpha value is -2.49. The van der Waals surface area contributed by atoms with Gasteiger partial charge in [-0.15, -0.1) is 0 Å². The second-order valence-corrected chi connectivity index (χ2v) is 4.48. The van der Waals surface area contributed by atoms with Gasteiger partial charge in [0.2, 0.25) is 0 Å². The van der Waals surface area contributed by atoms with E-state index in [2.05, 4.69) is 0 Å². The first-order chi connectivity index (χ1) is 9.78. The predicted octanol–water partition coefficient (Wildman–Crippen LogP) is 2.99. The smallest absolute Gasteiger partial charge is 0.337 e. The van der Waals surface area contributed by atoms with Gasteiger partial charge in [-0.05, 0) is 29.8 Å². The van der Waals surface area contributed by atoms with Crippen LogP contribution in [-0.4, -0.2) is 19.7 Å². The van der Waals surface area contributed by atoms with E-state index in [4.69, 9.17) is 14.2 Å². The summed E-state index contributed by atoms with van der Waals surface area (Å²) in [5.74, 6) is 1.10. The molecule has 1 atom stereocenters. The Morgan fingerprint density at radius 2 is 1.95 bits per heavy atom. The maximum atomic E-state index is 11.6. The van der Waals surface area contributed by atoms with Crippen LogP contribution >= 0.6 is 0 Å². The molecule has 0 fully saturated rings. The molecule has 0 saturated heterocycles. The third-order valence-electron chi connectivity index (χ3n) is 3.19. The van der Waals surface area contributed by atoms with Crippen molar-refractivity contribution in [1.29, 1.82) is 0 Å². The molecule has 1 aliphatic heterocycles. The minimum atomic E-state index is -0.357. The number of carbonyl (C=O) groups excluding carboxylic acids is 1. The van der Waals surface area contributed by atoms with Crippen LogP contribution in [-0.2, 0) is 4.74 Å². The van der Waals surface area contributed by atoms with Crippen molar-refractivity contribution in [1.82, 2.24) is 0 Å². The summed E-state index contributed by atoms with van der Waals surface area (Å²) in [6, 6.07) is 14.7. The van der Waals surface area contributed by atoms with Gasteiger partial charge in [-0.2, -0.15) is 0 Å². The molecule has 4 nitrogen and oxygen atoms in total. The number of ether oxygens (including phenoxy) is 3. The highest BCUT2D eigenvalue weighted by atomic mass is 16.6. The highest BCUT2D eigenvalue weighted by Gasteiger charge is 2.22.